The second-order valence-electron chi connectivity index (χ2n) is 7.26. The summed E-state index contributed by atoms with van der Waals surface area (Å²) in [7, 11) is 1.84. The Hall–Kier alpha value is -2.38. The number of halogens is 2. The number of nitrogens with one attached hydrogen (secondary N) is 1. The van der Waals surface area contributed by atoms with E-state index in [2.05, 4.69) is 5.32 Å². The van der Waals surface area contributed by atoms with Gasteiger partial charge in [0.2, 0.25) is 5.91 Å². The first kappa shape index (κ1) is 24.3. The van der Waals surface area contributed by atoms with Crippen molar-refractivity contribution in [1.82, 2.24) is 4.90 Å². The molecule has 0 aliphatic carbocycles. The Balaban J connectivity index is 1.79. The van der Waals surface area contributed by atoms with Crippen molar-refractivity contribution in [3.8, 4) is 10.4 Å². The van der Waals surface area contributed by atoms with Gasteiger partial charge in [0.1, 0.15) is 5.00 Å². The number of anilines is 1. The molecule has 0 radical (unpaired) electrons. The molecule has 0 saturated carbocycles. The summed E-state index contributed by atoms with van der Waals surface area (Å²) in [5, 5.41) is 4.49. The minimum atomic E-state index is -0.473. The maximum Gasteiger partial charge on any atom is 0.341 e. The van der Waals surface area contributed by atoms with E-state index in [4.69, 9.17) is 27.9 Å². The Morgan fingerprint density at radius 1 is 1.12 bits per heavy atom. The van der Waals surface area contributed by atoms with Gasteiger partial charge in [0, 0.05) is 21.5 Å². The summed E-state index contributed by atoms with van der Waals surface area (Å²) in [6, 6.07) is 16.3. The van der Waals surface area contributed by atoms with Crippen molar-refractivity contribution in [2.45, 2.75) is 26.4 Å². The maximum absolute atomic E-state index is 13.0. The van der Waals surface area contributed by atoms with Crippen LogP contribution in [-0.2, 0) is 16.1 Å². The monoisotopic (exact) mass is 490 g/mol. The molecular weight excluding hydrogens is 467 g/mol. The molecule has 1 aromatic heterocycles. The molecule has 0 spiro atoms. The highest BCUT2D eigenvalue weighted by Gasteiger charge is 2.24. The fourth-order valence-corrected chi connectivity index (χ4v) is 4.58. The number of hydrogen-bond donors (Lipinski definition) is 1. The number of rotatable bonds is 8. The van der Waals surface area contributed by atoms with Gasteiger partial charge >= 0.3 is 5.97 Å². The fourth-order valence-electron chi connectivity index (χ4n) is 3.06. The van der Waals surface area contributed by atoms with Crippen LogP contribution < -0.4 is 5.32 Å². The number of likely N-dealkylation sites (N-methyl/N-ethyl adjacent to an activating group) is 1. The van der Waals surface area contributed by atoms with E-state index in [1.807, 2.05) is 48.3 Å². The highest BCUT2D eigenvalue weighted by molar-refractivity contribution is 7.20. The van der Waals surface area contributed by atoms with Gasteiger partial charge in [-0.25, -0.2) is 4.79 Å². The van der Waals surface area contributed by atoms with Gasteiger partial charge in [-0.2, -0.15) is 0 Å². The summed E-state index contributed by atoms with van der Waals surface area (Å²) >= 11 is 13.6. The number of esters is 1. The minimum absolute atomic E-state index is 0.232. The van der Waals surface area contributed by atoms with Crippen LogP contribution in [0.1, 0.15) is 29.8 Å². The quantitative estimate of drug-likeness (QED) is 0.373. The normalized spacial score (nSPS) is 11.9. The standard InChI is InChI=1S/C24H24Cl2N2O3S/c1-4-31-24(30)19-13-21(16-8-6-5-7-9-16)32-23(19)27-22(29)15(2)28(3)14-17-10-11-18(25)12-20(17)26/h5-13,15H,4,14H2,1-3H3,(H,27,29). The van der Waals surface area contributed by atoms with Gasteiger partial charge in [-0.1, -0.05) is 59.6 Å². The van der Waals surface area contributed by atoms with E-state index in [1.54, 1.807) is 32.0 Å². The number of nitrogens with zero attached hydrogens (tertiary/aromatic N) is 1. The van der Waals surface area contributed by atoms with Gasteiger partial charge in [-0.15, -0.1) is 11.3 Å². The zero-order valence-electron chi connectivity index (χ0n) is 18.0. The van der Waals surface area contributed by atoms with Gasteiger partial charge in [0.25, 0.3) is 0 Å². The molecule has 0 aliphatic rings. The molecule has 0 bridgehead atoms. The van der Waals surface area contributed by atoms with E-state index < -0.39 is 12.0 Å². The van der Waals surface area contributed by atoms with Crippen LogP contribution in [0.4, 0.5) is 5.00 Å². The van der Waals surface area contributed by atoms with Crippen molar-refractivity contribution < 1.29 is 14.3 Å². The molecule has 0 fully saturated rings. The van der Waals surface area contributed by atoms with Crippen molar-refractivity contribution in [3.05, 3.63) is 75.8 Å². The first-order valence-electron chi connectivity index (χ1n) is 10.1. The van der Waals surface area contributed by atoms with Crippen molar-refractivity contribution in [2.24, 2.45) is 0 Å². The molecule has 5 nitrogen and oxygen atoms in total. The SMILES string of the molecule is CCOC(=O)c1cc(-c2ccccc2)sc1NC(=O)C(C)N(C)Cc1ccc(Cl)cc1Cl. The van der Waals surface area contributed by atoms with Gasteiger partial charge in [0.15, 0.2) is 0 Å². The lowest BCUT2D eigenvalue weighted by Gasteiger charge is -2.24. The summed E-state index contributed by atoms with van der Waals surface area (Å²) in [5.41, 5.74) is 2.18. The average Bonchev–Trinajstić information content (AvgIpc) is 3.19. The van der Waals surface area contributed by atoms with E-state index in [0.717, 1.165) is 16.0 Å². The van der Waals surface area contributed by atoms with E-state index in [1.165, 1.54) is 11.3 Å². The van der Waals surface area contributed by atoms with E-state index >= 15 is 0 Å². The molecule has 1 heterocycles. The van der Waals surface area contributed by atoms with Crippen molar-refractivity contribution in [2.75, 3.05) is 19.0 Å². The fraction of sp³-hybridized carbons (Fsp3) is 0.250. The number of hydrogen-bond acceptors (Lipinski definition) is 5. The van der Waals surface area contributed by atoms with Crippen LogP contribution in [0.25, 0.3) is 10.4 Å². The zero-order chi connectivity index (χ0) is 23.3. The minimum Gasteiger partial charge on any atom is -0.462 e. The number of carbonyl (C=O) groups excluding carboxylic acids is 2. The Kier molecular flexibility index (Phi) is 8.32. The molecule has 3 rings (SSSR count). The number of thiophene rings is 1. The third-order valence-corrected chi connectivity index (χ3v) is 6.68. The average molecular weight is 491 g/mol. The summed E-state index contributed by atoms with van der Waals surface area (Å²) in [6.45, 7) is 4.27. The third-order valence-electron chi connectivity index (χ3n) is 5.00. The van der Waals surface area contributed by atoms with Crippen molar-refractivity contribution in [1.29, 1.82) is 0 Å². The van der Waals surface area contributed by atoms with Gasteiger partial charge in [-0.3, -0.25) is 9.69 Å². The predicted octanol–water partition coefficient (Wildman–Crippen LogP) is 6.36. The molecule has 0 saturated heterocycles. The summed E-state index contributed by atoms with van der Waals surface area (Å²) in [4.78, 5) is 28.3. The van der Waals surface area contributed by atoms with E-state index in [0.29, 0.717) is 27.2 Å². The van der Waals surface area contributed by atoms with Crippen LogP contribution >= 0.6 is 34.5 Å². The maximum atomic E-state index is 13.0. The van der Waals surface area contributed by atoms with E-state index in [9.17, 15) is 9.59 Å². The topological polar surface area (TPSA) is 58.6 Å². The molecule has 1 N–H and O–H groups in total. The van der Waals surface area contributed by atoms with Gasteiger partial charge in [0.05, 0.1) is 18.2 Å². The first-order chi connectivity index (χ1) is 15.3. The number of ether oxygens (including phenoxy) is 1. The summed E-state index contributed by atoms with van der Waals surface area (Å²) in [6.07, 6.45) is 0. The summed E-state index contributed by atoms with van der Waals surface area (Å²) in [5.74, 6) is -0.695. The molecule has 32 heavy (non-hydrogen) atoms. The molecular formula is C24H24Cl2N2O3S. The third kappa shape index (κ3) is 5.90. The Labute approximate surface area is 201 Å². The van der Waals surface area contributed by atoms with Gasteiger partial charge < -0.3 is 10.1 Å². The predicted molar refractivity (Wildman–Crippen MR) is 132 cm³/mol. The Morgan fingerprint density at radius 3 is 2.50 bits per heavy atom. The molecule has 8 heteroatoms. The molecule has 1 atom stereocenters. The molecule has 1 amide bonds. The first-order valence-corrected chi connectivity index (χ1v) is 11.7. The van der Waals surface area contributed by atoms with E-state index in [-0.39, 0.29) is 12.5 Å². The molecule has 1 unspecified atom stereocenters. The molecule has 3 aromatic rings. The molecule has 2 aromatic carbocycles. The number of amides is 1. The second-order valence-corrected chi connectivity index (χ2v) is 9.15. The Morgan fingerprint density at radius 2 is 1.84 bits per heavy atom. The zero-order valence-corrected chi connectivity index (χ0v) is 20.4. The van der Waals surface area contributed by atoms with Crippen molar-refractivity contribution in [3.63, 3.8) is 0 Å². The van der Waals surface area contributed by atoms with Crippen LogP contribution in [0.3, 0.4) is 0 Å². The number of carbonyl (C=O) groups is 2. The van der Waals surface area contributed by atoms with Crippen LogP contribution in [0.2, 0.25) is 10.0 Å². The van der Waals surface area contributed by atoms with Crippen LogP contribution in [-0.4, -0.2) is 36.5 Å². The molecule has 168 valence electrons. The highest BCUT2D eigenvalue weighted by atomic mass is 35.5. The lowest BCUT2D eigenvalue weighted by atomic mass is 10.1. The van der Waals surface area contributed by atoms with Crippen LogP contribution in [0.5, 0.6) is 0 Å². The number of benzene rings is 2. The van der Waals surface area contributed by atoms with Gasteiger partial charge in [-0.05, 0) is 50.2 Å². The smallest absolute Gasteiger partial charge is 0.341 e. The lowest BCUT2D eigenvalue weighted by molar-refractivity contribution is -0.120. The summed E-state index contributed by atoms with van der Waals surface area (Å²) < 4.78 is 5.19. The van der Waals surface area contributed by atoms with Crippen LogP contribution in [0, 0.1) is 0 Å². The Bertz CT molecular complexity index is 1100. The second kappa shape index (κ2) is 11.0. The van der Waals surface area contributed by atoms with Crippen LogP contribution in [0.15, 0.2) is 54.6 Å². The highest BCUT2D eigenvalue weighted by Crippen LogP contribution is 2.36. The largest absolute Gasteiger partial charge is 0.462 e. The lowest BCUT2D eigenvalue weighted by Crippen LogP contribution is -2.39. The molecule has 0 aliphatic heterocycles. The van der Waals surface area contributed by atoms with Crippen molar-refractivity contribution >= 4 is 51.4 Å².